The first-order valence-corrected chi connectivity index (χ1v) is 9.37. The molecule has 28 heavy (non-hydrogen) atoms. The molecule has 0 atom stereocenters. The summed E-state index contributed by atoms with van der Waals surface area (Å²) in [6, 6.07) is 21.6. The summed E-state index contributed by atoms with van der Waals surface area (Å²) < 4.78 is 0.971. The molecule has 0 aliphatic carbocycles. The normalized spacial score (nSPS) is 10.6. The van der Waals surface area contributed by atoms with Crippen molar-refractivity contribution in [3.05, 3.63) is 99.5 Å². The van der Waals surface area contributed by atoms with Crippen molar-refractivity contribution in [2.45, 2.75) is 6.92 Å². The standard InChI is InChI=1S/C22H18BrN3O2/c1-15-4-2-5-17(12-15)21(27)25-20-7-3-6-18(13-20)22(28)26-24-14-16-8-10-19(23)11-9-16/h2-14H,1H3,(H,25,27)(H,26,28)/b24-14-. The summed E-state index contributed by atoms with van der Waals surface area (Å²) in [6.07, 6.45) is 1.56. The van der Waals surface area contributed by atoms with Crippen LogP contribution in [0, 0.1) is 6.92 Å². The van der Waals surface area contributed by atoms with Crippen molar-refractivity contribution in [3.8, 4) is 0 Å². The van der Waals surface area contributed by atoms with Crippen LogP contribution in [0.25, 0.3) is 0 Å². The van der Waals surface area contributed by atoms with Gasteiger partial charge in [-0.1, -0.05) is 51.8 Å². The summed E-state index contributed by atoms with van der Waals surface area (Å²) in [5.41, 5.74) is 5.86. The second kappa shape index (κ2) is 9.10. The highest BCUT2D eigenvalue weighted by molar-refractivity contribution is 9.10. The Labute approximate surface area is 171 Å². The second-order valence-corrected chi connectivity index (χ2v) is 7.07. The number of rotatable bonds is 5. The molecular weight excluding hydrogens is 418 g/mol. The fraction of sp³-hybridized carbons (Fsp3) is 0.0455. The molecule has 0 saturated heterocycles. The lowest BCUT2D eigenvalue weighted by Crippen LogP contribution is -2.18. The summed E-state index contributed by atoms with van der Waals surface area (Å²) in [7, 11) is 0. The molecule has 0 aromatic heterocycles. The van der Waals surface area contributed by atoms with Crippen molar-refractivity contribution in [2.75, 3.05) is 5.32 Å². The number of halogens is 1. The number of anilines is 1. The number of amides is 2. The van der Waals surface area contributed by atoms with E-state index in [1.807, 2.05) is 49.4 Å². The predicted octanol–water partition coefficient (Wildman–Crippen LogP) is 4.77. The third-order valence-electron chi connectivity index (χ3n) is 3.91. The maximum atomic E-state index is 12.4. The number of carbonyl (C=O) groups excluding carboxylic acids is 2. The quantitative estimate of drug-likeness (QED) is 0.447. The molecule has 0 unspecified atom stereocenters. The van der Waals surface area contributed by atoms with Gasteiger partial charge in [0.2, 0.25) is 0 Å². The van der Waals surface area contributed by atoms with Crippen molar-refractivity contribution in [1.29, 1.82) is 0 Å². The largest absolute Gasteiger partial charge is 0.322 e. The minimum absolute atomic E-state index is 0.227. The summed E-state index contributed by atoms with van der Waals surface area (Å²) in [5, 5.41) is 6.77. The number of hydrogen-bond donors (Lipinski definition) is 2. The zero-order valence-corrected chi connectivity index (χ0v) is 16.7. The molecule has 2 amide bonds. The van der Waals surface area contributed by atoms with Gasteiger partial charge in [0.25, 0.3) is 11.8 Å². The van der Waals surface area contributed by atoms with Crippen molar-refractivity contribution < 1.29 is 9.59 Å². The van der Waals surface area contributed by atoms with Crippen LogP contribution < -0.4 is 10.7 Å². The highest BCUT2D eigenvalue weighted by atomic mass is 79.9. The van der Waals surface area contributed by atoms with Gasteiger partial charge in [-0.3, -0.25) is 9.59 Å². The van der Waals surface area contributed by atoms with E-state index < -0.39 is 0 Å². The zero-order valence-electron chi connectivity index (χ0n) is 15.1. The molecule has 2 N–H and O–H groups in total. The van der Waals surface area contributed by atoms with Crippen LogP contribution in [0.5, 0.6) is 0 Å². The van der Waals surface area contributed by atoms with Crippen LogP contribution in [-0.2, 0) is 0 Å². The first kappa shape index (κ1) is 19.5. The SMILES string of the molecule is Cc1cccc(C(=O)Nc2cccc(C(=O)N/N=C\c3ccc(Br)cc3)c2)c1. The number of benzene rings is 3. The van der Waals surface area contributed by atoms with Crippen molar-refractivity contribution in [3.63, 3.8) is 0 Å². The Morgan fingerprint density at radius 3 is 2.29 bits per heavy atom. The van der Waals surface area contributed by atoms with E-state index in [4.69, 9.17) is 0 Å². The van der Waals surface area contributed by atoms with Gasteiger partial charge < -0.3 is 5.32 Å². The van der Waals surface area contributed by atoms with Crippen LogP contribution in [-0.4, -0.2) is 18.0 Å². The average molecular weight is 436 g/mol. The highest BCUT2D eigenvalue weighted by Crippen LogP contribution is 2.13. The Balaban J connectivity index is 1.64. The number of aryl methyl sites for hydroxylation is 1. The van der Waals surface area contributed by atoms with Crippen LogP contribution in [0.4, 0.5) is 5.69 Å². The van der Waals surface area contributed by atoms with Crippen LogP contribution >= 0.6 is 15.9 Å². The minimum atomic E-state index is -0.361. The van der Waals surface area contributed by atoms with Crippen LogP contribution in [0.2, 0.25) is 0 Å². The lowest BCUT2D eigenvalue weighted by Gasteiger charge is -2.07. The van der Waals surface area contributed by atoms with Crippen LogP contribution in [0.3, 0.4) is 0 Å². The Kier molecular flexibility index (Phi) is 6.34. The molecular formula is C22H18BrN3O2. The van der Waals surface area contributed by atoms with E-state index in [9.17, 15) is 9.59 Å². The summed E-state index contributed by atoms with van der Waals surface area (Å²) >= 11 is 3.37. The average Bonchev–Trinajstić information content (AvgIpc) is 2.69. The predicted molar refractivity (Wildman–Crippen MR) is 115 cm³/mol. The molecule has 0 spiro atoms. The van der Waals surface area contributed by atoms with Gasteiger partial charge in [0.15, 0.2) is 0 Å². The van der Waals surface area contributed by atoms with Gasteiger partial charge in [0.05, 0.1) is 6.21 Å². The van der Waals surface area contributed by atoms with E-state index in [0.29, 0.717) is 16.8 Å². The number of nitrogens with one attached hydrogen (secondary N) is 2. The summed E-state index contributed by atoms with van der Waals surface area (Å²) in [5.74, 6) is -0.588. The van der Waals surface area contributed by atoms with Crippen molar-refractivity contribution >= 4 is 39.6 Å². The lowest BCUT2D eigenvalue weighted by atomic mass is 10.1. The fourth-order valence-electron chi connectivity index (χ4n) is 2.51. The molecule has 0 bridgehead atoms. The maximum absolute atomic E-state index is 12.4. The zero-order chi connectivity index (χ0) is 19.9. The Morgan fingerprint density at radius 2 is 1.57 bits per heavy atom. The van der Waals surface area contributed by atoms with E-state index in [0.717, 1.165) is 15.6 Å². The van der Waals surface area contributed by atoms with Crippen LogP contribution in [0.15, 0.2) is 82.4 Å². The minimum Gasteiger partial charge on any atom is -0.322 e. The van der Waals surface area contributed by atoms with Gasteiger partial charge >= 0.3 is 0 Å². The second-order valence-electron chi connectivity index (χ2n) is 6.16. The highest BCUT2D eigenvalue weighted by Gasteiger charge is 2.09. The van der Waals surface area contributed by atoms with Gasteiger partial charge in [0.1, 0.15) is 0 Å². The van der Waals surface area contributed by atoms with E-state index in [-0.39, 0.29) is 11.8 Å². The van der Waals surface area contributed by atoms with Crippen molar-refractivity contribution in [2.24, 2.45) is 5.10 Å². The lowest BCUT2D eigenvalue weighted by molar-refractivity contribution is 0.0953. The molecule has 0 aliphatic rings. The summed E-state index contributed by atoms with van der Waals surface area (Å²) in [6.45, 7) is 1.93. The molecule has 0 fully saturated rings. The number of hydrogen-bond acceptors (Lipinski definition) is 3. The van der Waals surface area contributed by atoms with E-state index >= 15 is 0 Å². The van der Waals surface area contributed by atoms with Gasteiger partial charge in [-0.15, -0.1) is 0 Å². The molecule has 3 aromatic carbocycles. The van der Waals surface area contributed by atoms with Crippen molar-refractivity contribution in [1.82, 2.24) is 5.43 Å². The van der Waals surface area contributed by atoms with Gasteiger partial charge in [0, 0.05) is 21.3 Å². The Morgan fingerprint density at radius 1 is 0.893 bits per heavy atom. The number of carbonyl (C=O) groups is 2. The Hall–Kier alpha value is -3.25. The van der Waals surface area contributed by atoms with Crippen LogP contribution in [0.1, 0.15) is 31.8 Å². The molecule has 0 radical (unpaired) electrons. The molecule has 3 aromatic rings. The molecule has 0 saturated carbocycles. The smallest absolute Gasteiger partial charge is 0.271 e. The third kappa shape index (κ3) is 5.37. The maximum Gasteiger partial charge on any atom is 0.271 e. The van der Waals surface area contributed by atoms with E-state index in [1.165, 1.54) is 0 Å². The van der Waals surface area contributed by atoms with Gasteiger partial charge in [-0.2, -0.15) is 5.10 Å². The van der Waals surface area contributed by atoms with E-state index in [2.05, 4.69) is 31.8 Å². The molecule has 5 nitrogen and oxygen atoms in total. The van der Waals surface area contributed by atoms with Gasteiger partial charge in [-0.25, -0.2) is 5.43 Å². The summed E-state index contributed by atoms with van der Waals surface area (Å²) in [4.78, 5) is 24.7. The van der Waals surface area contributed by atoms with E-state index in [1.54, 1.807) is 36.5 Å². The first-order valence-electron chi connectivity index (χ1n) is 8.58. The third-order valence-corrected chi connectivity index (χ3v) is 4.44. The molecule has 0 heterocycles. The molecule has 0 aliphatic heterocycles. The number of hydrazone groups is 1. The topological polar surface area (TPSA) is 70.6 Å². The Bertz CT molecular complexity index is 1030. The number of nitrogens with zero attached hydrogens (tertiary/aromatic N) is 1. The molecule has 3 rings (SSSR count). The fourth-order valence-corrected chi connectivity index (χ4v) is 2.77. The molecule has 140 valence electrons. The monoisotopic (exact) mass is 435 g/mol. The molecule has 6 heteroatoms. The van der Waals surface area contributed by atoms with Gasteiger partial charge in [-0.05, 0) is 55.0 Å². The first-order chi connectivity index (χ1) is 13.5.